The minimum atomic E-state index is 0.159. The molecule has 3 rings (SSSR count). The van der Waals surface area contributed by atoms with Gasteiger partial charge in [0, 0.05) is 43.8 Å². The quantitative estimate of drug-likeness (QED) is 0.878. The molecule has 1 amide bonds. The van der Waals surface area contributed by atoms with Crippen LogP contribution in [0.3, 0.4) is 0 Å². The van der Waals surface area contributed by atoms with Crippen molar-refractivity contribution < 1.29 is 4.79 Å². The van der Waals surface area contributed by atoms with Crippen LogP contribution in [0.25, 0.3) is 0 Å². The van der Waals surface area contributed by atoms with Crippen LogP contribution in [0, 0.1) is 0 Å². The van der Waals surface area contributed by atoms with E-state index in [4.69, 9.17) is 0 Å². The van der Waals surface area contributed by atoms with Gasteiger partial charge in [0.2, 0.25) is 0 Å². The maximum Gasteiger partial charge on any atom is 0.253 e. The number of benzene rings is 1. The number of hydrogen-bond acceptors (Lipinski definition) is 3. The molecule has 0 aromatic heterocycles. The highest BCUT2D eigenvalue weighted by atomic mass is 16.2. The zero-order chi connectivity index (χ0) is 14.4. The highest BCUT2D eigenvalue weighted by molar-refractivity contribution is 5.94. The van der Waals surface area contributed by atoms with E-state index in [2.05, 4.69) is 10.6 Å². The monoisotopic (exact) mass is 275 g/mol. The SMILES string of the molecule is CC.O=C(c1ccccc1)N1CCC(NC2CNC2)C1. The van der Waals surface area contributed by atoms with E-state index >= 15 is 0 Å². The normalized spacial score (nSPS) is 21.9. The first kappa shape index (κ1) is 15.0. The Balaban J connectivity index is 0.000000704. The molecule has 1 atom stereocenters. The van der Waals surface area contributed by atoms with Crippen molar-refractivity contribution in [2.75, 3.05) is 26.2 Å². The molecule has 1 aromatic carbocycles. The number of amides is 1. The van der Waals surface area contributed by atoms with Crippen molar-refractivity contribution in [1.29, 1.82) is 0 Å². The standard InChI is InChI=1S/C14H19N3O.C2H6/c18-14(11-4-2-1-3-5-11)17-7-6-12(10-17)16-13-8-15-9-13;1-2/h1-5,12-13,15-16H,6-10H2;1-2H3. The molecule has 20 heavy (non-hydrogen) atoms. The summed E-state index contributed by atoms with van der Waals surface area (Å²) in [6, 6.07) is 10.6. The molecule has 1 unspecified atom stereocenters. The highest BCUT2D eigenvalue weighted by Gasteiger charge is 2.29. The van der Waals surface area contributed by atoms with Gasteiger partial charge in [0.25, 0.3) is 5.91 Å². The van der Waals surface area contributed by atoms with E-state index in [0.717, 1.165) is 38.2 Å². The van der Waals surface area contributed by atoms with Crippen LogP contribution in [0.4, 0.5) is 0 Å². The van der Waals surface area contributed by atoms with Crippen LogP contribution < -0.4 is 10.6 Å². The van der Waals surface area contributed by atoms with Gasteiger partial charge >= 0.3 is 0 Å². The Hall–Kier alpha value is -1.39. The third-order valence-corrected chi connectivity index (χ3v) is 3.75. The van der Waals surface area contributed by atoms with E-state index in [9.17, 15) is 4.79 Å². The molecule has 110 valence electrons. The summed E-state index contributed by atoms with van der Waals surface area (Å²) in [5, 5.41) is 6.85. The van der Waals surface area contributed by atoms with E-state index in [0.29, 0.717) is 12.1 Å². The number of carbonyl (C=O) groups is 1. The number of rotatable bonds is 3. The molecular weight excluding hydrogens is 250 g/mol. The van der Waals surface area contributed by atoms with Gasteiger partial charge < -0.3 is 15.5 Å². The molecule has 2 heterocycles. The van der Waals surface area contributed by atoms with Crippen LogP contribution in [0.5, 0.6) is 0 Å². The fourth-order valence-electron chi connectivity index (χ4n) is 2.58. The number of carbonyl (C=O) groups excluding carboxylic acids is 1. The van der Waals surface area contributed by atoms with Crippen molar-refractivity contribution in [3.63, 3.8) is 0 Å². The molecule has 4 nitrogen and oxygen atoms in total. The molecule has 1 aromatic rings. The fraction of sp³-hybridized carbons (Fsp3) is 0.562. The second-order valence-electron chi connectivity index (χ2n) is 5.12. The molecule has 2 aliphatic heterocycles. The van der Waals surface area contributed by atoms with Gasteiger partial charge in [-0.2, -0.15) is 0 Å². The van der Waals surface area contributed by atoms with Crippen LogP contribution in [0.2, 0.25) is 0 Å². The van der Waals surface area contributed by atoms with Crippen molar-refractivity contribution in [3.8, 4) is 0 Å². The number of hydrogen-bond donors (Lipinski definition) is 2. The molecule has 0 saturated carbocycles. The Kier molecular flexibility index (Phi) is 5.56. The lowest BCUT2D eigenvalue weighted by Crippen LogP contribution is -2.58. The van der Waals surface area contributed by atoms with Crippen LogP contribution in [0.15, 0.2) is 30.3 Å². The summed E-state index contributed by atoms with van der Waals surface area (Å²) in [4.78, 5) is 14.2. The first-order valence-corrected chi connectivity index (χ1v) is 7.64. The summed E-state index contributed by atoms with van der Waals surface area (Å²) in [5.41, 5.74) is 0.795. The molecule has 2 fully saturated rings. The van der Waals surface area contributed by atoms with Gasteiger partial charge in [-0.05, 0) is 18.6 Å². The molecule has 2 saturated heterocycles. The molecule has 2 aliphatic rings. The fourth-order valence-corrected chi connectivity index (χ4v) is 2.58. The first-order chi connectivity index (χ1) is 9.83. The van der Waals surface area contributed by atoms with Gasteiger partial charge in [-0.3, -0.25) is 4.79 Å². The molecule has 0 radical (unpaired) electrons. The lowest BCUT2D eigenvalue weighted by atomic mass is 10.1. The van der Waals surface area contributed by atoms with Gasteiger partial charge in [0.15, 0.2) is 0 Å². The minimum Gasteiger partial charge on any atom is -0.337 e. The van der Waals surface area contributed by atoms with E-state index in [1.807, 2.05) is 49.1 Å². The maximum atomic E-state index is 12.2. The third-order valence-electron chi connectivity index (χ3n) is 3.75. The van der Waals surface area contributed by atoms with Crippen molar-refractivity contribution >= 4 is 5.91 Å². The van der Waals surface area contributed by atoms with E-state index in [1.165, 1.54) is 0 Å². The molecule has 0 spiro atoms. The predicted octanol–water partition coefficient (Wildman–Crippen LogP) is 1.49. The minimum absolute atomic E-state index is 0.159. The zero-order valence-electron chi connectivity index (χ0n) is 12.4. The second-order valence-corrected chi connectivity index (χ2v) is 5.12. The van der Waals surface area contributed by atoms with E-state index < -0.39 is 0 Å². The summed E-state index contributed by atoms with van der Waals surface area (Å²) >= 11 is 0. The molecule has 0 bridgehead atoms. The summed E-state index contributed by atoms with van der Waals surface area (Å²) < 4.78 is 0. The summed E-state index contributed by atoms with van der Waals surface area (Å²) in [6.45, 7) is 7.82. The van der Waals surface area contributed by atoms with Crippen molar-refractivity contribution in [3.05, 3.63) is 35.9 Å². The molecule has 2 N–H and O–H groups in total. The van der Waals surface area contributed by atoms with Gasteiger partial charge in [-0.25, -0.2) is 0 Å². The average Bonchev–Trinajstić information content (AvgIpc) is 2.94. The van der Waals surface area contributed by atoms with Crippen molar-refractivity contribution in [2.45, 2.75) is 32.4 Å². The Morgan fingerprint density at radius 2 is 1.90 bits per heavy atom. The lowest BCUT2D eigenvalue weighted by Gasteiger charge is -2.31. The van der Waals surface area contributed by atoms with Gasteiger partial charge in [-0.15, -0.1) is 0 Å². The number of nitrogens with zero attached hydrogens (tertiary/aromatic N) is 1. The van der Waals surface area contributed by atoms with Gasteiger partial charge in [0.1, 0.15) is 0 Å². The van der Waals surface area contributed by atoms with Crippen molar-refractivity contribution in [2.24, 2.45) is 0 Å². The predicted molar refractivity (Wildman–Crippen MR) is 81.9 cm³/mol. The highest BCUT2D eigenvalue weighted by Crippen LogP contribution is 2.14. The smallest absolute Gasteiger partial charge is 0.253 e. The number of likely N-dealkylation sites (tertiary alicyclic amines) is 1. The van der Waals surface area contributed by atoms with Crippen LogP contribution in [0.1, 0.15) is 30.6 Å². The van der Waals surface area contributed by atoms with Crippen LogP contribution in [-0.4, -0.2) is 49.1 Å². The molecule has 4 heteroatoms. The molecule has 0 aliphatic carbocycles. The molecular formula is C16H25N3O. The second kappa shape index (κ2) is 7.41. The first-order valence-electron chi connectivity index (χ1n) is 7.64. The Bertz CT molecular complexity index is 417. The lowest BCUT2D eigenvalue weighted by molar-refractivity contribution is 0.0788. The maximum absolute atomic E-state index is 12.2. The average molecular weight is 275 g/mol. The van der Waals surface area contributed by atoms with E-state index in [-0.39, 0.29) is 5.91 Å². The Labute approximate surface area is 121 Å². The van der Waals surface area contributed by atoms with Gasteiger partial charge in [-0.1, -0.05) is 32.0 Å². The Morgan fingerprint density at radius 3 is 2.50 bits per heavy atom. The zero-order valence-corrected chi connectivity index (χ0v) is 12.4. The number of nitrogens with one attached hydrogen (secondary N) is 2. The van der Waals surface area contributed by atoms with Gasteiger partial charge in [0.05, 0.1) is 0 Å². The van der Waals surface area contributed by atoms with Crippen molar-refractivity contribution in [1.82, 2.24) is 15.5 Å². The Morgan fingerprint density at radius 1 is 1.20 bits per heavy atom. The summed E-state index contributed by atoms with van der Waals surface area (Å²) in [7, 11) is 0. The summed E-state index contributed by atoms with van der Waals surface area (Å²) in [5.74, 6) is 0.159. The third kappa shape index (κ3) is 3.58. The summed E-state index contributed by atoms with van der Waals surface area (Å²) in [6.07, 6.45) is 1.06. The largest absolute Gasteiger partial charge is 0.337 e. The van der Waals surface area contributed by atoms with Crippen LogP contribution in [-0.2, 0) is 0 Å². The van der Waals surface area contributed by atoms with Crippen LogP contribution >= 0.6 is 0 Å². The topological polar surface area (TPSA) is 44.4 Å². The van der Waals surface area contributed by atoms with E-state index in [1.54, 1.807) is 0 Å².